The molecule has 0 fully saturated rings. The first-order valence-electron chi connectivity index (χ1n) is 7.38. The predicted octanol–water partition coefficient (Wildman–Crippen LogP) is 2.56. The van der Waals surface area contributed by atoms with Crippen molar-refractivity contribution in [3.63, 3.8) is 0 Å². The third-order valence-electron chi connectivity index (χ3n) is 3.69. The lowest BCUT2D eigenvalue weighted by atomic mass is 10.1. The molecular weight excluding hydrogens is 344 g/mol. The van der Waals surface area contributed by atoms with Crippen molar-refractivity contribution >= 4 is 40.1 Å². The van der Waals surface area contributed by atoms with Gasteiger partial charge in [0.25, 0.3) is 5.56 Å². The smallest absolute Gasteiger partial charge is 0.337 e. The number of fused-ring (bicyclic) bond motifs is 1. The van der Waals surface area contributed by atoms with Gasteiger partial charge in [-0.15, -0.1) is 0 Å². The fourth-order valence-electron chi connectivity index (χ4n) is 2.42. The Hall–Kier alpha value is -3.06. The van der Waals surface area contributed by atoms with Gasteiger partial charge in [0.1, 0.15) is 0 Å². The minimum atomic E-state index is -0.390. The van der Waals surface area contributed by atoms with Gasteiger partial charge in [-0.2, -0.15) is 0 Å². The zero-order valence-corrected chi connectivity index (χ0v) is 14.1. The van der Waals surface area contributed by atoms with Gasteiger partial charge in [-0.1, -0.05) is 23.7 Å². The summed E-state index contributed by atoms with van der Waals surface area (Å²) in [7, 11) is 1.34. The molecule has 0 radical (unpaired) electrons. The zero-order valence-electron chi connectivity index (χ0n) is 13.3. The Kier molecular flexibility index (Phi) is 4.58. The number of hydrogen-bond donors (Lipinski definition) is 3. The second kappa shape index (κ2) is 6.82. The molecule has 0 amide bonds. The Bertz CT molecular complexity index is 999. The molecule has 8 heteroatoms. The van der Waals surface area contributed by atoms with Crippen molar-refractivity contribution in [2.45, 2.75) is 6.54 Å². The number of aromatic nitrogens is 2. The van der Waals surface area contributed by atoms with Gasteiger partial charge in [-0.25, -0.2) is 9.78 Å². The molecule has 0 aliphatic rings. The molecule has 0 aliphatic carbocycles. The maximum Gasteiger partial charge on any atom is 0.337 e. The highest BCUT2D eigenvalue weighted by Crippen LogP contribution is 2.28. The van der Waals surface area contributed by atoms with Crippen LogP contribution in [-0.2, 0) is 11.3 Å². The Labute approximate surface area is 147 Å². The topological polar surface area (TPSA) is 110 Å². The molecule has 0 spiro atoms. The van der Waals surface area contributed by atoms with Crippen molar-refractivity contribution in [1.29, 1.82) is 0 Å². The van der Waals surface area contributed by atoms with Gasteiger partial charge in [0.05, 0.1) is 34.3 Å². The van der Waals surface area contributed by atoms with Gasteiger partial charge in [0.2, 0.25) is 5.95 Å². The van der Waals surface area contributed by atoms with Gasteiger partial charge in [0.15, 0.2) is 0 Å². The lowest BCUT2D eigenvalue weighted by Gasteiger charge is -2.10. The van der Waals surface area contributed by atoms with Gasteiger partial charge >= 0.3 is 5.97 Å². The number of benzene rings is 2. The Balaban J connectivity index is 1.83. The minimum Gasteiger partial charge on any atom is -0.465 e. The first-order valence-corrected chi connectivity index (χ1v) is 7.76. The van der Waals surface area contributed by atoms with Gasteiger partial charge in [0, 0.05) is 6.54 Å². The summed E-state index contributed by atoms with van der Waals surface area (Å²) in [6.45, 7) is 0.465. The Morgan fingerprint density at radius 2 is 2.00 bits per heavy atom. The SMILES string of the molecule is COC(=O)c1ccc(CNc2ccc3nc(N)[nH]c(=O)c3c2Cl)cc1. The van der Waals surface area contributed by atoms with E-state index in [1.54, 1.807) is 24.3 Å². The molecular formula is C17H15ClN4O3. The van der Waals surface area contributed by atoms with E-state index in [0.717, 1.165) is 5.56 Å². The Morgan fingerprint density at radius 3 is 2.68 bits per heavy atom. The van der Waals surface area contributed by atoms with E-state index in [0.29, 0.717) is 23.3 Å². The number of halogens is 1. The zero-order chi connectivity index (χ0) is 18.0. The largest absolute Gasteiger partial charge is 0.465 e. The monoisotopic (exact) mass is 358 g/mol. The number of nitrogens with one attached hydrogen (secondary N) is 2. The summed E-state index contributed by atoms with van der Waals surface area (Å²) >= 11 is 6.33. The van der Waals surface area contributed by atoms with Crippen LogP contribution in [0.2, 0.25) is 5.02 Å². The van der Waals surface area contributed by atoms with Crippen LogP contribution in [0.3, 0.4) is 0 Å². The normalized spacial score (nSPS) is 10.6. The molecule has 1 heterocycles. The lowest BCUT2D eigenvalue weighted by Crippen LogP contribution is -2.12. The third-order valence-corrected chi connectivity index (χ3v) is 4.08. The van der Waals surface area contributed by atoms with Crippen molar-refractivity contribution in [3.8, 4) is 0 Å². The molecule has 0 unspecified atom stereocenters. The molecule has 25 heavy (non-hydrogen) atoms. The van der Waals surface area contributed by atoms with Crippen LogP contribution < -0.4 is 16.6 Å². The lowest BCUT2D eigenvalue weighted by molar-refractivity contribution is 0.0600. The van der Waals surface area contributed by atoms with Crippen LogP contribution in [0.5, 0.6) is 0 Å². The van der Waals surface area contributed by atoms with E-state index in [1.165, 1.54) is 7.11 Å². The Morgan fingerprint density at radius 1 is 1.28 bits per heavy atom. The number of nitrogen functional groups attached to an aromatic ring is 1. The number of carbonyl (C=O) groups excluding carboxylic acids is 1. The van der Waals surface area contributed by atoms with Crippen LogP contribution in [0.1, 0.15) is 15.9 Å². The molecule has 3 aromatic rings. The molecule has 1 aromatic heterocycles. The minimum absolute atomic E-state index is 0.0416. The van der Waals surface area contributed by atoms with Crippen LogP contribution in [0.15, 0.2) is 41.2 Å². The van der Waals surface area contributed by atoms with Gasteiger partial charge < -0.3 is 15.8 Å². The fraction of sp³-hybridized carbons (Fsp3) is 0.118. The highest BCUT2D eigenvalue weighted by Gasteiger charge is 2.11. The first kappa shape index (κ1) is 16.8. The number of hydrogen-bond acceptors (Lipinski definition) is 6. The number of methoxy groups -OCH3 is 1. The van der Waals surface area contributed by atoms with E-state index in [-0.39, 0.29) is 22.3 Å². The summed E-state index contributed by atoms with van der Waals surface area (Å²) < 4.78 is 4.66. The molecule has 4 N–H and O–H groups in total. The third kappa shape index (κ3) is 3.41. The van der Waals surface area contributed by atoms with Crippen molar-refractivity contribution in [3.05, 3.63) is 62.9 Å². The maximum absolute atomic E-state index is 12.0. The highest BCUT2D eigenvalue weighted by atomic mass is 35.5. The van der Waals surface area contributed by atoms with Crippen molar-refractivity contribution in [2.75, 3.05) is 18.2 Å². The second-order valence-electron chi connectivity index (χ2n) is 5.31. The molecule has 128 valence electrons. The summed E-state index contributed by atoms with van der Waals surface area (Å²) in [5, 5.41) is 3.72. The first-order chi connectivity index (χ1) is 12.0. The molecule has 0 saturated heterocycles. The van der Waals surface area contributed by atoms with Crippen LogP contribution in [-0.4, -0.2) is 23.0 Å². The number of aromatic amines is 1. The molecule has 3 rings (SSSR count). The van der Waals surface area contributed by atoms with E-state index in [2.05, 4.69) is 20.0 Å². The van der Waals surface area contributed by atoms with E-state index in [1.807, 2.05) is 12.1 Å². The number of rotatable bonds is 4. The van der Waals surface area contributed by atoms with Crippen LogP contribution >= 0.6 is 11.6 Å². The van der Waals surface area contributed by atoms with Crippen LogP contribution in [0.25, 0.3) is 10.9 Å². The van der Waals surface area contributed by atoms with Gasteiger partial charge in [-0.05, 0) is 29.8 Å². The predicted molar refractivity (Wildman–Crippen MR) is 96.9 cm³/mol. The summed E-state index contributed by atoms with van der Waals surface area (Å²) in [5.74, 6) is -0.344. The van der Waals surface area contributed by atoms with E-state index >= 15 is 0 Å². The number of esters is 1. The average Bonchev–Trinajstić information content (AvgIpc) is 2.60. The standard InChI is InChI=1S/C17H15ClN4O3/c1-25-16(24)10-4-2-9(3-5-10)8-20-12-7-6-11-13(14(12)18)15(23)22-17(19)21-11/h2-7,20H,8H2,1H3,(H3,19,21,22,23). The van der Waals surface area contributed by atoms with Gasteiger partial charge in [-0.3, -0.25) is 9.78 Å². The molecule has 0 atom stereocenters. The van der Waals surface area contributed by atoms with Crippen molar-refractivity contribution in [2.24, 2.45) is 0 Å². The second-order valence-corrected chi connectivity index (χ2v) is 5.69. The van der Waals surface area contributed by atoms with E-state index in [9.17, 15) is 9.59 Å². The molecule has 7 nitrogen and oxygen atoms in total. The molecule has 2 aromatic carbocycles. The summed E-state index contributed by atoms with van der Waals surface area (Å²) in [4.78, 5) is 30.0. The summed E-state index contributed by atoms with van der Waals surface area (Å²) in [6.07, 6.45) is 0. The van der Waals surface area contributed by atoms with E-state index < -0.39 is 5.56 Å². The summed E-state index contributed by atoms with van der Waals surface area (Å²) in [5.41, 5.74) is 7.59. The number of carbonyl (C=O) groups is 1. The average molecular weight is 359 g/mol. The summed E-state index contributed by atoms with van der Waals surface area (Å²) in [6, 6.07) is 10.4. The van der Waals surface area contributed by atoms with E-state index in [4.69, 9.17) is 17.3 Å². The maximum atomic E-state index is 12.0. The highest BCUT2D eigenvalue weighted by molar-refractivity contribution is 6.38. The van der Waals surface area contributed by atoms with Crippen LogP contribution in [0.4, 0.5) is 11.6 Å². The van der Waals surface area contributed by atoms with Crippen molar-refractivity contribution in [1.82, 2.24) is 9.97 Å². The molecule has 0 aliphatic heterocycles. The van der Waals surface area contributed by atoms with Crippen LogP contribution in [0, 0.1) is 0 Å². The van der Waals surface area contributed by atoms with Crippen molar-refractivity contribution < 1.29 is 9.53 Å². The molecule has 0 saturated carbocycles. The number of anilines is 2. The number of ether oxygens (including phenoxy) is 1. The number of H-pyrrole nitrogens is 1. The number of nitrogens with two attached hydrogens (primary N) is 1. The number of nitrogens with zero attached hydrogens (tertiary/aromatic N) is 1. The quantitative estimate of drug-likeness (QED) is 0.618. The fourth-order valence-corrected chi connectivity index (χ4v) is 2.73. The molecule has 0 bridgehead atoms.